The van der Waals surface area contributed by atoms with E-state index in [1.807, 2.05) is 66.7 Å². The van der Waals surface area contributed by atoms with Crippen LogP contribution in [0.15, 0.2) is 109 Å². The first-order valence-corrected chi connectivity index (χ1v) is 8.07. The normalized spacial score (nSPS) is 10.9. The number of para-hydroxylation sites is 1. The van der Waals surface area contributed by atoms with Crippen molar-refractivity contribution >= 4 is 22.1 Å². The van der Waals surface area contributed by atoms with Crippen molar-refractivity contribution in [2.24, 2.45) is 0 Å². The molecule has 0 bridgehead atoms. The smallest absolute Gasteiger partial charge is 0.143 e. The highest BCUT2D eigenvalue weighted by Gasteiger charge is 2.20. The van der Waals surface area contributed by atoms with E-state index in [9.17, 15) is 0 Å². The third kappa shape index (κ3) is 3.17. The van der Waals surface area contributed by atoms with Crippen molar-refractivity contribution in [3.05, 3.63) is 122 Å². The molecule has 0 spiro atoms. The highest BCUT2D eigenvalue weighted by molar-refractivity contribution is 6.01. The first-order valence-electron chi connectivity index (χ1n) is 8.07. The van der Waals surface area contributed by atoms with Crippen LogP contribution in [0.2, 0.25) is 0 Å². The standard InChI is InChI=1S/C24H20O/c1-5-6-12-17(2)18(3)24-23(19(4)20-13-8-7-9-14-20)21-15-10-11-16-22(21)25-24/h5-16H,1-4H2/b12-6-. The molecule has 122 valence electrons. The van der Waals surface area contributed by atoms with Crippen molar-refractivity contribution in [2.45, 2.75) is 0 Å². The Bertz CT molecular complexity index is 997. The Hall–Kier alpha value is -3.32. The molecule has 25 heavy (non-hydrogen) atoms. The van der Waals surface area contributed by atoms with Crippen molar-refractivity contribution < 1.29 is 4.42 Å². The second kappa shape index (κ2) is 7.06. The van der Waals surface area contributed by atoms with Crippen LogP contribution in [0.5, 0.6) is 0 Å². The van der Waals surface area contributed by atoms with E-state index in [0.717, 1.165) is 38.8 Å². The Morgan fingerprint density at radius 3 is 2.28 bits per heavy atom. The van der Waals surface area contributed by atoms with Gasteiger partial charge >= 0.3 is 0 Å². The molecule has 1 heteroatoms. The van der Waals surface area contributed by atoms with Gasteiger partial charge in [0.1, 0.15) is 11.3 Å². The summed E-state index contributed by atoms with van der Waals surface area (Å²) < 4.78 is 6.12. The molecule has 2 aromatic carbocycles. The Labute approximate surface area is 148 Å². The summed E-state index contributed by atoms with van der Waals surface area (Å²) in [7, 11) is 0. The predicted molar refractivity (Wildman–Crippen MR) is 108 cm³/mol. The van der Waals surface area contributed by atoms with E-state index < -0.39 is 0 Å². The number of allylic oxidation sites excluding steroid dienone is 5. The summed E-state index contributed by atoms with van der Waals surface area (Å²) in [6.07, 6.45) is 5.42. The summed E-state index contributed by atoms with van der Waals surface area (Å²) in [6, 6.07) is 18.0. The number of fused-ring (bicyclic) bond motifs is 1. The summed E-state index contributed by atoms with van der Waals surface area (Å²) in [5.74, 6) is 0.703. The first kappa shape index (κ1) is 16.5. The Morgan fingerprint density at radius 2 is 1.56 bits per heavy atom. The van der Waals surface area contributed by atoms with Crippen molar-refractivity contribution in [1.82, 2.24) is 0 Å². The van der Waals surface area contributed by atoms with E-state index in [-0.39, 0.29) is 0 Å². The van der Waals surface area contributed by atoms with Crippen LogP contribution in [0.4, 0.5) is 0 Å². The molecule has 0 amide bonds. The summed E-state index contributed by atoms with van der Waals surface area (Å²) >= 11 is 0. The zero-order chi connectivity index (χ0) is 17.8. The van der Waals surface area contributed by atoms with E-state index in [1.165, 1.54) is 0 Å². The summed E-state index contributed by atoms with van der Waals surface area (Å²) in [4.78, 5) is 0. The number of hydrogen-bond donors (Lipinski definition) is 0. The molecular formula is C24H20O. The maximum Gasteiger partial charge on any atom is 0.143 e. The molecule has 0 unspecified atom stereocenters. The van der Waals surface area contributed by atoms with Gasteiger partial charge in [0.05, 0.1) is 0 Å². The van der Waals surface area contributed by atoms with Crippen molar-refractivity contribution in [2.75, 3.05) is 0 Å². The van der Waals surface area contributed by atoms with Crippen LogP contribution >= 0.6 is 0 Å². The van der Waals surface area contributed by atoms with Crippen LogP contribution in [0, 0.1) is 0 Å². The van der Waals surface area contributed by atoms with Crippen LogP contribution in [-0.4, -0.2) is 0 Å². The molecule has 3 rings (SSSR count). The monoisotopic (exact) mass is 324 g/mol. The first-order chi connectivity index (χ1) is 12.1. The second-order valence-electron chi connectivity index (χ2n) is 5.75. The van der Waals surface area contributed by atoms with Gasteiger partial charge in [0.2, 0.25) is 0 Å². The second-order valence-corrected chi connectivity index (χ2v) is 5.75. The average Bonchev–Trinajstić information content (AvgIpc) is 3.05. The SMILES string of the molecule is C=C/C=C\C(=C)C(=C)c1oc2ccccc2c1C(=C)c1ccccc1. The molecule has 3 aromatic rings. The highest BCUT2D eigenvalue weighted by atomic mass is 16.3. The van der Waals surface area contributed by atoms with E-state index in [4.69, 9.17) is 4.42 Å². The molecule has 0 saturated carbocycles. The lowest BCUT2D eigenvalue weighted by Crippen LogP contribution is -1.91. The third-order valence-electron chi connectivity index (χ3n) is 4.11. The van der Waals surface area contributed by atoms with Gasteiger partial charge < -0.3 is 4.42 Å². The van der Waals surface area contributed by atoms with Crippen molar-refractivity contribution in [3.8, 4) is 0 Å². The molecule has 0 aliphatic carbocycles. The molecule has 0 N–H and O–H groups in total. The molecule has 0 fully saturated rings. The molecule has 0 aliphatic rings. The predicted octanol–water partition coefficient (Wildman–Crippen LogP) is 6.81. The minimum atomic E-state index is 0.703. The van der Waals surface area contributed by atoms with Gasteiger partial charge in [0, 0.05) is 16.5 Å². The van der Waals surface area contributed by atoms with E-state index in [1.54, 1.807) is 6.08 Å². The average molecular weight is 324 g/mol. The van der Waals surface area contributed by atoms with Gasteiger partial charge in [-0.05, 0) is 22.8 Å². The molecule has 0 aliphatic heterocycles. The minimum Gasteiger partial charge on any atom is -0.455 e. The topological polar surface area (TPSA) is 13.1 Å². The Balaban J connectivity index is 2.17. The Kier molecular flexibility index (Phi) is 4.67. The lowest BCUT2D eigenvalue weighted by atomic mass is 9.93. The maximum absolute atomic E-state index is 6.12. The molecule has 1 aromatic heterocycles. The number of benzene rings is 2. The number of furan rings is 1. The third-order valence-corrected chi connectivity index (χ3v) is 4.11. The van der Waals surface area contributed by atoms with Crippen LogP contribution in [-0.2, 0) is 0 Å². The minimum absolute atomic E-state index is 0.703. The molecule has 1 heterocycles. The lowest BCUT2D eigenvalue weighted by Gasteiger charge is -2.09. The molecular weight excluding hydrogens is 304 g/mol. The van der Waals surface area contributed by atoms with Crippen LogP contribution in [0.3, 0.4) is 0 Å². The van der Waals surface area contributed by atoms with Gasteiger partial charge in [0.25, 0.3) is 0 Å². The summed E-state index contributed by atoms with van der Waals surface area (Å²) in [6.45, 7) is 16.3. The Morgan fingerprint density at radius 1 is 0.880 bits per heavy atom. The molecule has 0 atom stereocenters. The van der Waals surface area contributed by atoms with Crippen LogP contribution < -0.4 is 0 Å². The largest absolute Gasteiger partial charge is 0.455 e. The van der Waals surface area contributed by atoms with Crippen molar-refractivity contribution in [1.29, 1.82) is 0 Å². The summed E-state index contributed by atoms with van der Waals surface area (Å²) in [5.41, 5.74) is 5.24. The quantitative estimate of drug-likeness (QED) is 0.454. The van der Waals surface area contributed by atoms with E-state index in [0.29, 0.717) is 5.76 Å². The van der Waals surface area contributed by atoms with Crippen molar-refractivity contribution in [3.63, 3.8) is 0 Å². The fraction of sp³-hybridized carbons (Fsp3) is 0. The molecule has 0 saturated heterocycles. The van der Waals surface area contributed by atoms with E-state index >= 15 is 0 Å². The van der Waals surface area contributed by atoms with Gasteiger partial charge in [-0.25, -0.2) is 0 Å². The fourth-order valence-electron chi connectivity index (χ4n) is 2.77. The highest BCUT2D eigenvalue weighted by Crippen LogP contribution is 2.38. The zero-order valence-corrected chi connectivity index (χ0v) is 14.2. The van der Waals surface area contributed by atoms with Crippen LogP contribution in [0.25, 0.3) is 22.1 Å². The van der Waals surface area contributed by atoms with Gasteiger partial charge in [-0.15, -0.1) is 0 Å². The van der Waals surface area contributed by atoms with Gasteiger partial charge in [0.15, 0.2) is 0 Å². The van der Waals surface area contributed by atoms with Gasteiger partial charge in [-0.2, -0.15) is 0 Å². The zero-order valence-electron chi connectivity index (χ0n) is 14.2. The molecule has 0 radical (unpaired) electrons. The van der Waals surface area contributed by atoms with Gasteiger partial charge in [-0.3, -0.25) is 0 Å². The summed E-state index contributed by atoms with van der Waals surface area (Å²) in [5, 5.41) is 1.02. The van der Waals surface area contributed by atoms with Crippen LogP contribution in [0.1, 0.15) is 16.9 Å². The fourth-order valence-corrected chi connectivity index (χ4v) is 2.77. The van der Waals surface area contributed by atoms with Gasteiger partial charge in [-0.1, -0.05) is 93.1 Å². The number of rotatable bonds is 6. The van der Waals surface area contributed by atoms with E-state index in [2.05, 4.69) is 26.3 Å². The molecule has 1 nitrogen and oxygen atoms in total. The maximum atomic E-state index is 6.12. The lowest BCUT2D eigenvalue weighted by molar-refractivity contribution is 0.599. The number of hydrogen-bond acceptors (Lipinski definition) is 1.